The van der Waals surface area contributed by atoms with Crippen LogP contribution in [0.3, 0.4) is 0 Å². The third-order valence-corrected chi connectivity index (χ3v) is 3.61. The summed E-state index contributed by atoms with van der Waals surface area (Å²) in [7, 11) is 0. The van der Waals surface area contributed by atoms with Gasteiger partial charge in [0.05, 0.1) is 11.2 Å². The van der Waals surface area contributed by atoms with Crippen LogP contribution in [0.5, 0.6) is 0 Å². The lowest BCUT2D eigenvalue weighted by Crippen LogP contribution is -2.28. The van der Waals surface area contributed by atoms with Gasteiger partial charge in [0.15, 0.2) is 11.6 Å². The number of aromatic nitrogens is 2. The van der Waals surface area contributed by atoms with Gasteiger partial charge in [0, 0.05) is 17.0 Å². The van der Waals surface area contributed by atoms with Crippen molar-refractivity contribution in [2.45, 2.75) is 26.1 Å². The maximum absolute atomic E-state index is 14.0. The highest BCUT2D eigenvalue weighted by Gasteiger charge is 2.17. The first-order valence-corrected chi connectivity index (χ1v) is 7.34. The minimum absolute atomic E-state index is 0.0761. The van der Waals surface area contributed by atoms with Crippen LogP contribution in [0.25, 0.3) is 22.0 Å². The van der Waals surface area contributed by atoms with E-state index in [-0.39, 0.29) is 11.6 Å². The Hall–Kier alpha value is -2.31. The summed E-state index contributed by atoms with van der Waals surface area (Å²) in [6.45, 7) is 3.82. The van der Waals surface area contributed by atoms with E-state index in [1.807, 2.05) is 13.8 Å². The molecule has 1 heterocycles. The number of nitrogens with zero attached hydrogens (tertiary/aromatic N) is 1. The molecule has 0 aliphatic heterocycles. The van der Waals surface area contributed by atoms with Gasteiger partial charge in [-0.3, -0.25) is 10.4 Å². The molecule has 2 aromatic carbocycles. The number of fused-ring (bicyclic) bond motifs is 1. The van der Waals surface area contributed by atoms with Crippen molar-refractivity contribution in [1.82, 2.24) is 15.5 Å². The van der Waals surface area contributed by atoms with E-state index in [9.17, 15) is 13.9 Å². The molecule has 0 amide bonds. The zero-order chi connectivity index (χ0) is 16.6. The lowest BCUT2D eigenvalue weighted by atomic mass is 10.0. The Bertz CT molecular complexity index is 845. The second kappa shape index (κ2) is 6.06. The lowest BCUT2D eigenvalue weighted by molar-refractivity contribution is 0.126. The fourth-order valence-electron chi connectivity index (χ4n) is 2.53. The number of halogens is 2. The number of aromatic amines is 1. The van der Waals surface area contributed by atoms with Crippen molar-refractivity contribution in [3.8, 4) is 11.1 Å². The number of nitrogens with one attached hydrogen (secondary N) is 2. The third kappa shape index (κ3) is 2.95. The molecule has 23 heavy (non-hydrogen) atoms. The van der Waals surface area contributed by atoms with E-state index in [1.165, 1.54) is 12.1 Å². The molecule has 1 aromatic heterocycles. The van der Waals surface area contributed by atoms with Crippen LogP contribution in [0.1, 0.15) is 25.8 Å². The fraction of sp³-hybridized carbons (Fsp3) is 0.235. The molecule has 1 atom stereocenters. The Labute approximate surface area is 132 Å². The molecule has 6 heteroatoms. The van der Waals surface area contributed by atoms with Crippen LogP contribution < -0.4 is 5.32 Å². The molecule has 0 spiro atoms. The molecule has 3 rings (SSSR count). The SMILES string of the molecule is CC(C)NC(O)c1[nH]nc2ccc(-c3cccc(F)c3F)cc12. The van der Waals surface area contributed by atoms with E-state index in [1.54, 1.807) is 18.2 Å². The van der Waals surface area contributed by atoms with Gasteiger partial charge < -0.3 is 5.11 Å². The second-order valence-corrected chi connectivity index (χ2v) is 5.69. The smallest absolute Gasteiger partial charge is 0.166 e. The quantitative estimate of drug-likeness (QED) is 0.646. The van der Waals surface area contributed by atoms with Gasteiger partial charge in [-0.1, -0.05) is 18.2 Å². The van der Waals surface area contributed by atoms with E-state index in [0.717, 1.165) is 6.07 Å². The first-order valence-electron chi connectivity index (χ1n) is 7.34. The van der Waals surface area contributed by atoms with Crippen molar-refractivity contribution in [3.63, 3.8) is 0 Å². The zero-order valence-electron chi connectivity index (χ0n) is 12.8. The van der Waals surface area contributed by atoms with E-state index in [4.69, 9.17) is 0 Å². The van der Waals surface area contributed by atoms with Crippen LogP contribution in [-0.4, -0.2) is 21.3 Å². The number of H-pyrrole nitrogens is 1. The molecule has 0 radical (unpaired) electrons. The van der Waals surface area contributed by atoms with Gasteiger partial charge in [0.1, 0.15) is 6.23 Å². The summed E-state index contributed by atoms with van der Waals surface area (Å²) in [5, 5.41) is 20.8. The Morgan fingerprint density at radius 2 is 1.96 bits per heavy atom. The number of aliphatic hydroxyl groups excluding tert-OH is 1. The lowest BCUT2D eigenvalue weighted by Gasteiger charge is -2.14. The minimum Gasteiger partial charge on any atom is -0.373 e. The first-order chi connectivity index (χ1) is 11.0. The van der Waals surface area contributed by atoms with Crippen molar-refractivity contribution in [2.75, 3.05) is 0 Å². The number of hydrogen-bond donors (Lipinski definition) is 3. The fourth-order valence-corrected chi connectivity index (χ4v) is 2.53. The predicted molar refractivity (Wildman–Crippen MR) is 84.7 cm³/mol. The van der Waals surface area contributed by atoms with Crippen molar-refractivity contribution in [1.29, 1.82) is 0 Å². The topological polar surface area (TPSA) is 60.9 Å². The Morgan fingerprint density at radius 3 is 2.70 bits per heavy atom. The molecule has 0 saturated carbocycles. The van der Waals surface area contributed by atoms with Crippen molar-refractivity contribution < 1.29 is 13.9 Å². The number of hydrogen-bond acceptors (Lipinski definition) is 3. The maximum atomic E-state index is 14.0. The van der Waals surface area contributed by atoms with Gasteiger partial charge in [0.25, 0.3) is 0 Å². The van der Waals surface area contributed by atoms with E-state index in [2.05, 4.69) is 15.5 Å². The highest BCUT2D eigenvalue weighted by molar-refractivity contribution is 5.87. The van der Waals surface area contributed by atoms with Crippen LogP contribution in [0.2, 0.25) is 0 Å². The molecule has 120 valence electrons. The van der Waals surface area contributed by atoms with Gasteiger partial charge in [-0.25, -0.2) is 8.78 Å². The summed E-state index contributed by atoms with van der Waals surface area (Å²) in [4.78, 5) is 0. The molecular formula is C17H17F2N3O. The summed E-state index contributed by atoms with van der Waals surface area (Å²) < 4.78 is 27.4. The summed E-state index contributed by atoms with van der Waals surface area (Å²) >= 11 is 0. The second-order valence-electron chi connectivity index (χ2n) is 5.69. The van der Waals surface area contributed by atoms with Gasteiger partial charge in [0.2, 0.25) is 0 Å². The molecular weight excluding hydrogens is 300 g/mol. The molecule has 0 aliphatic carbocycles. The van der Waals surface area contributed by atoms with Crippen molar-refractivity contribution in [3.05, 3.63) is 53.7 Å². The molecule has 0 fully saturated rings. The van der Waals surface area contributed by atoms with E-state index < -0.39 is 17.9 Å². The molecule has 1 unspecified atom stereocenters. The van der Waals surface area contributed by atoms with Crippen LogP contribution in [0.4, 0.5) is 8.78 Å². The zero-order valence-corrected chi connectivity index (χ0v) is 12.8. The van der Waals surface area contributed by atoms with E-state index >= 15 is 0 Å². The van der Waals surface area contributed by atoms with Crippen LogP contribution in [0, 0.1) is 11.6 Å². The molecule has 4 nitrogen and oxygen atoms in total. The Morgan fingerprint density at radius 1 is 1.17 bits per heavy atom. The van der Waals surface area contributed by atoms with Crippen LogP contribution in [0.15, 0.2) is 36.4 Å². The Kier molecular flexibility index (Phi) is 4.11. The first kappa shape index (κ1) is 15.6. The molecule has 0 saturated heterocycles. The highest BCUT2D eigenvalue weighted by Crippen LogP contribution is 2.29. The van der Waals surface area contributed by atoms with E-state index in [0.29, 0.717) is 22.2 Å². The highest BCUT2D eigenvalue weighted by atomic mass is 19.2. The summed E-state index contributed by atoms with van der Waals surface area (Å²) in [6, 6.07) is 9.20. The third-order valence-electron chi connectivity index (χ3n) is 3.61. The van der Waals surface area contributed by atoms with Crippen LogP contribution >= 0.6 is 0 Å². The predicted octanol–water partition coefficient (Wildman–Crippen LogP) is 3.50. The summed E-state index contributed by atoms with van der Waals surface area (Å²) in [6.07, 6.45) is -0.924. The normalized spacial score (nSPS) is 13.0. The molecule has 3 aromatic rings. The summed E-state index contributed by atoms with van der Waals surface area (Å²) in [5.41, 5.74) is 1.83. The largest absolute Gasteiger partial charge is 0.373 e. The number of rotatable bonds is 4. The molecule has 0 bridgehead atoms. The monoisotopic (exact) mass is 317 g/mol. The standard InChI is InChI=1S/C17H17F2N3O/c1-9(2)20-17(23)16-12-8-10(6-7-14(12)21-22-16)11-4-3-5-13(18)15(11)19/h3-9,17,20,23H,1-2H3,(H,21,22). The number of benzene rings is 2. The van der Waals surface area contributed by atoms with Gasteiger partial charge >= 0.3 is 0 Å². The summed E-state index contributed by atoms with van der Waals surface area (Å²) in [5.74, 6) is -1.78. The van der Waals surface area contributed by atoms with Gasteiger partial charge in [-0.2, -0.15) is 5.10 Å². The minimum atomic E-state index is -0.924. The molecule has 3 N–H and O–H groups in total. The van der Waals surface area contributed by atoms with Gasteiger partial charge in [-0.15, -0.1) is 0 Å². The molecule has 0 aliphatic rings. The maximum Gasteiger partial charge on any atom is 0.166 e. The van der Waals surface area contributed by atoms with Crippen LogP contribution in [-0.2, 0) is 0 Å². The van der Waals surface area contributed by atoms with Crippen molar-refractivity contribution >= 4 is 10.9 Å². The average Bonchev–Trinajstić information content (AvgIpc) is 2.92. The number of aliphatic hydroxyl groups is 1. The average molecular weight is 317 g/mol. The Balaban J connectivity index is 2.09. The van der Waals surface area contributed by atoms with Crippen molar-refractivity contribution in [2.24, 2.45) is 0 Å². The van der Waals surface area contributed by atoms with Gasteiger partial charge in [-0.05, 0) is 37.6 Å².